The Kier molecular flexibility index (Phi) is 4.88. The van der Waals surface area contributed by atoms with E-state index in [4.69, 9.17) is 4.74 Å². The van der Waals surface area contributed by atoms with Crippen molar-refractivity contribution in [3.8, 4) is 0 Å². The number of urea groups is 1. The van der Waals surface area contributed by atoms with E-state index in [-0.39, 0.29) is 11.6 Å². The van der Waals surface area contributed by atoms with Crippen LogP contribution in [0.2, 0.25) is 0 Å². The third-order valence-corrected chi connectivity index (χ3v) is 2.74. The number of rotatable bonds is 5. The van der Waals surface area contributed by atoms with Crippen LogP contribution in [0.1, 0.15) is 39.5 Å². The van der Waals surface area contributed by atoms with Crippen molar-refractivity contribution in [2.45, 2.75) is 45.1 Å². The smallest absolute Gasteiger partial charge is 0.314 e. The highest BCUT2D eigenvalue weighted by Crippen LogP contribution is 2.23. The number of ether oxygens (including phenoxy) is 1. The molecule has 0 aromatic rings. The van der Waals surface area contributed by atoms with Crippen LogP contribution in [0, 0.1) is 0 Å². The van der Waals surface area contributed by atoms with Gasteiger partial charge in [-0.15, -0.1) is 0 Å². The van der Waals surface area contributed by atoms with Crippen LogP contribution in [-0.2, 0) is 4.74 Å². The summed E-state index contributed by atoms with van der Waals surface area (Å²) < 4.78 is 5.57. The van der Waals surface area contributed by atoms with Crippen LogP contribution in [0.3, 0.4) is 0 Å². The summed E-state index contributed by atoms with van der Waals surface area (Å²) in [5, 5.41) is 5.67. The molecule has 0 aromatic heterocycles. The van der Waals surface area contributed by atoms with Gasteiger partial charge in [-0.1, -0.05) is 13.3 Å². The second-order valence-electron chi connectivity index (χ2n) is 4.36. The van der Waals surface area contributed by atoms with Crippen molar-refractivity contribution in [2.24, 2.45) is 0 Å². The van der Waals surface area contributed by atoms with Gasteiger partial charge in [0.1, 0.15) is 0 Å². The van der Waals surface area contributed by atoms with Crippen molar-refractivity contribution in [2.75, 3.05) is 19.7 Å². The molecule has 2 N–H and O–H groups in total. The molecular weight excluding hydrogens is 192 g/mol. The number of carbonyl (C=O) groups excluding carboxylic acids is 1. The van der Waals surface area contributed by atoms with Gasteiger partial charge in [0, 0.05) is 19.7 Å². The predicted octanol–water partition coefficient (Wildman–Crippen LogP) is 1.65. The minimum Gasteiger partial charge on any atom is -0.373 e. The molecule has 1 saturated heterocycles. The SMILES string of the molecule is CCCCNC(=O)NCC1(C)CCCO1. The largest absolute Gasteiger partial charge is 0.373 e. The molecule has 0 radical (unpaired) electrons. The van der Waals surface area contributed by atoms with Gasteiger partial charge in [0.15, 0.2) is 0 Å². The lowest BCUT2D eigenvalue weighted by atomic mass is 10.0. The Hall–Kier alpha value is -0.770. The van der Waals surface area contributed by atoms with Crippen LogP contribution >= 0.6 is 0 Å². The highest BCUT2D eigenvalue weighted by atomic mass is 16.5. The van der Waals surface area contributed by atoms with Gasteiger partial charge in [-0.25, -0.2) is 4.79 Å². The van der Waals surface area contributed by atoms with Gasteiger partial charge in [-0.2, -0.15) is 0 Å². The number of carbonyl (C=O) groups is 1. The molecule has 1 fully saturated rings. The molecule has 0 saturated carbocycles. The number of hydrogen-bond acceptors (Lipinski definition) is 2. The molecule has 2 amide bonds. The Morgan fingerprint density at radius 3 is 2.87 bits per heavy atom. The molecule has 1 rings (SSSR count). The highest BCUT2D eigenvalue weighted by molar-refractivity contribution is 5.73. The second-order valence-corrected chi connectivity index (χ2v) is 4.36. The Labute approximate surface area is 91.8 Å². The average molecular weight is 214 g/mol. The summed E-state index contributed by atoms with van der Waals surface area (Å²) in [4.78, 5) is 11.3. The third-order valence-electron chi connectivity index (χ3n) is 2.74. The standard InChI is InChI=1S/C11H22N2O2/c1-3-4-7-12-10(14)13-9-11(2)6-5-8-15-11/h3-9H2,1-2H3,(H2,12,13,14). The van der Waals surface area contributed by atoms with Crippen molar-refractivity contribution in [1.29, 1.82) is 0 Å². The van der Waals surface area contributed by atoms with E-state index >= 15 is 0 Å². The first-order valence-electron chi connectivity index (χ1n) is 5.82. The minimum absolute atomic E-state index is 0.0832. The van der Waals surface area contributed by atoms with Crippen molar-refractivity contribution in [1.82, 2.24) is 10.6 Å². The number of nitrogens with one attached hydrogen (secondary N) is 2. The summed E-state index contributed by atoms with van der Waals surface area (Å²) in [6, 6.07) is -0.0832. The number of hydrogen-bond donors (Lipinski definition) is 2. The normalized spacial score (nSPS) is 25.2. The van der Waals surface area contributed by atoms with E-state index in [1.165, 1.54) is 0 Å². The second kappa shape index (κ2) is 5.95. The molecule has 0 spiro atoms. The quantitative estimate of drug-likeness (QED) is 0.684. The van der Waals surface area contributed by atoms with E-state index in [1.807, 2.05) is 6.92 Å². The van der Waals surface area contributed by atoms with Gasteiger partial charge in [0.05, 0.1) is 5.60 Å². The molecule has 1 aliphatic rings. The van der Waals surface area contributed by atoms with Crippen LogP contribution < -0.4 is 10.6 Å². The van der Waals surface area contributed by atoms with Gasteiger partial charge in [0.25, 0.3) is 0 Å². The van der Waals surface area contributed by atoms with Gasteiger partial charge < -0.3 is 15.4 Å². The Morgan fingerprint density at radius 2 is 2.27 bits per heavy atom. The zero-order chi connectivity index (χ0) is 11.1. The fourth-order valence-corrected chi connectivity index (χ4v) is 1.68. The van der Waals surface area contributed by atoms with Crippen LogP contribution in [0.4, 0.5) is 4.79 Å². The monoisotopic (exact) mass is 214 g/mol. The summed E-state index contributed by atoms with van der Waals surface area (Å²) in [6.45, 7) is 6.32. The molecular formula is C11H22N2O2. The van der Waals surface area contributed by atoms with Crippen molar-refractivity contribution < 1.29 is 9.53 Å². The van der Waals surface area contributed by atoms with Crippen molar-refractivity contribution in [3.05, 3.63) is 0 Å². The zero-order valence-electron chi connectivity index (χ0n) is 9.77. The summed E-state index contributed by atoms with van der Waals surface area (Å²) in [5.74, 6) is 0. The van der Waals surface area contributed by atoms with E-state index in [0.29, 0.717) is 6.54 Å². The Bertz CT molecular complexity index is 201. The topological polar surface area (TPSA) is 50.4 Å². The fourth-order valence-electron chi connectivity index (χ4n) is 1.68. The molecule has 1 aliphatic heterocycles. The Morgan fingerprint density at radius 1 is 1.47 bits per heavy atom. The van der Waals surface area contributed by atoms with Crippen LogP contribution in [0.15, 0.2) is 0 Å². The maximum absolute atomic E-state index is 11.3. The van der Waals surface area contributed by atoms with Gasteiger partial charge >= 0.3 is 6.03 Å². The molecule has 1 heterocycles. The summed E-state index contributed by atoms with van der Waals surface area (Å²) >= 11 is 0. The van der Waals surface area contributed by atoms with E-state index in [9.17, 15) is 4.79 Å². The molecule has 1 unspecified atom stereocenters. The van der Waals surface area contributed by atoms with Crippen LogP contribution in [0.5, 0.6) is 0 Å². The van der Waals surface area contributed by atoms with E-state index in [2.05, 4.69) is 17.6 Å². The first-order valence-corrected chi connectivity index (χ1v) is 5.82. The van der Waals surface area contributed by atoms with Crippen molar-refractivity contribution in [3.63, 3.8) is 0 Å². The van der Waals surface area contributed by atoms with Gasteiger partial charge in [-0.05, 0) is 26.2 Å². The van der Waals surface area contributed by atoms with Crippen molar-refractivity contribution >= 4 is 6.03 Å². The fraction of sp³-hybridized carbons (Fsp3) is 0.909. The lowest BCUT2D eigenvalue weighted by Gasteiger charge is -2.23. The predicted molar refractivity (Wildman–Crippen MR) is 59.9 cm³/mol. The van der Waals surface area contributed by atoms with Gasteiger partial charge in [-0.3, -0.25) is 0 Å². The molecule has 0 bridgehead atoms. The number of unbranched alkanes of at least 4 members (excludes halogenated alkanes) is 1. The highest BCUT2D eigenvalue weighted by Gasteiger charge is 2.29. The minimum atomic E-state index is -0.151. The lowest BCUT2D eigenvalue weighted by Crippen LogP contribution is -2.44. The first-order chi connectivity index (χ1) is 7.16. The molecule has 4 nitrogen and oxygen atoms in total. The molecule has 88 valence electrons. The molecule has 15 heavy (non-hydrogen) atoms. The Balaban J connectivity index is 2.10. The van der Waals surface area contributed by atoms with Crippen LogP contribution in [-0.4, -0.2) is 31.3 Å². The molecule has 1 atom stereocenters. The summed E-state index contributed by atoms with van der Waals surface area (Å²) in [6.07, 6.45) is 4.25. The number of amides is 2. The zero-order valence-corrected chi connectivity index (χ0v) is 9.77. The maximum Gasteiger partial charge on any atom is 0.314 e. The average Bonchev–Trinajstić information content (AvgIpc) is 2.64. The third kappa shape index (κ3) is 4.51. The van der Waals surface area contributed by atoms with E-state index in [1.54, 1.807) is 0 Å². The summed E-state index contributed by atoms with van der Waals surface area (Å²) in [7, 11) is 0. The molecule has 0 aliphatic carbocycles. The maximum atomic E-state index is 11.3. The summed E-state index contributed by atoms with van der Waals surface area (Å²) in [5.41, 5.74) is -0.151. The van der Waals surface area contributed by atoms with Crippen LogP contribution in [0.25, 0.3) is 0 Å². The van der Waals surface area contributed by atoms with Gasteiger partial charge in [0.2, 0.25) is 0 Å². The molecule has 0 aromatic carbocycles. The van der Waals surface area contributed by atoms with E-state index < -0.39 is 0 Å². The lowest BCUT2D eigenvalue weighted by molar-refractivity contribution is 0.0229. The molecule has 4 heteroatoms. The van der Waals surface area contributed by atoms with E-state index in [0.717, 1.165) is 38.8 Å². The first kappa shape index (κ1) is 12.3.